The van der Waals surface area contributed by atoms with Crippen molar-refractivity contribution in [1.82, 2.24) is 4.40 Å². The van der Waals surface area contributed by atoms with Gasteiger partial charge in [-0.3, -0.25) is 0 Å². The van der Waals surface area contributed by atoms with E-state index in [1.165, 1.54) is 33.0 Å². The van der Waals surface area contributed by atoms with Crippen molar-refractivity contribution in [2.45, 2.75) is 6.92 Å². The maximum absolute atomic E-state index is 2.24. The smallest absolute Gasteiger partial charge is 0.0528 e. The number of aryl methyl sites for hydroxylation is 1. The minimum atomic E-state index is 1.26. The first-order valence-corrected chi connectivity index (χ1v) is 6.89. The van der Waals surface area contributed by atoms with Crippen molar-refractivity contribution in [1.29, 1.82) is 0 Å². The Hall–Kier alpha value is -2.54. The fraction of sp³-hybridized carbons (Fsp3) is 0.0526. The van der Waals surface area contributed by atoms with E-state index >= 15 is 0 Å². The third-order valence-corrected chi connectivity index (χ3v) is 4.06. The molecule has 0 saturated carbocycles. The molecule has 1 heteroatoms. The summed E-state index contributed by atoms with van der Waals surface area (Å²) in [5.74, 6) is 0. The van der Waals surface area contributed by atoms with Crippen LogP contribution in [0.1, 0.15) is 5.56 Å². The Bertz CT molecular complexity index is 915. The summed E-state index contributed by atoms with van der Waals surface area (Å²) in [6.45, 7) is 2.21. The van der Waals surface area contributed by atoms with Gasteiger partial charge in [0.2, 0.25) is 0 Å². The number of hydrogen-bond donors (Lipinski definition) is 0. The predicted octanol–water partition coefficient (Wildman–Crippen LogP) is 5.07. The van der Waals surface area contributed by atoms with E-state index < -0.39 is 0 Å². The quantitative estimate of drug-likeness (QED) is 0.448. The van der Waals surface area contributed by atoms with Crippen LogP contribution in [0, 0.1) is 6.92 Å². The van der Waals surface area contributed by atoms with Gasteiger partial charge in [-0.2, -0.15) is 0 Å². The van der Waals surface area contributed by atoms with Crippen molar-refractivity contribution in [3.05, 3.63) is 78.6 Å². The molecule has 0 atom stereocenters. The molecule has 0 fully saturated rings. The predicted molar refractivity (Wildman–Crippen MR) is 85.1 cm³/mol. The second kappa shape index (κ2) is 4.24. The summed E-state index contributed by atoms with van der Waals surface area (Å²) in [5, 5.41) is 2.64. The van der Waals surface area contributed by atoms with E-state index in [1.807, 2.05) is 0 Å². The molecular formula is C19H15N. The van der Waals surface area contributed by atoms with Crippen molar-refractivity contribution < 1.29 is 0 Å². The molecule has 96 valence electrons. The van der Waals surface area contributed by atoms with Crippen LogP contribution in [0.5, 0.6) is 0 Å². The number of rotatable bonds is 1. The summed E-state index contributed by atoms with van der Waals surface area (Å²) in [6.07, 6.45) is 4.22. The SMILES string of the molecule is Cc1c(-c2ccn3ccccc23)ccc2ccccc12. The molecule has 0 amide bonds. The Morgan fingerprint density at radius 3 is 2.50 bits per heavy atom. The number of hydrogen-bond acceptors (Lipinski definition) is 0. The molecule has 0 N–H and O–H groups in total. The van der Waals surface area contributed by atoms with Crippen molar-refractivity contribution >= 4 is 16.3 Å². The average molecular weight is 257 g/mol. The van der Waals surface area contributed by atoms with Crippen LogP contribution >= 0.6 is 0 Å². The zero-order valence-electron chi connectivity index (χ0n) is 11.4. The highest BCUT2D eigenvalue weighted by Gasteiger charge is 2.09. The lowest BCUT2D eigenvalue weighted by molar-refractivity contribution is 1.20. The summed E-state index contributed by atoms with van der Waals surface area (Å²) in [6, 6.07) is 21.5. The monoisotopic (exact) mass is 257 g/mol. The molecule has 4 rings (SSSR count). The van der Waals surface area contributed by atoms with Crippen LogP contribution in [-0.2, 0) is 0 Å². The maximum atomic E-state index is 2.24. The van der Waals surface area contributed by atoms with Crippen LogP contribution in [0.3, 0.4) is 0 Å². The van der Waals surface area contributed by atoms with Crippen molar-refractivity contribution in [3.63, 3.8) is 0 Å². The number of nitrogens with zero attached hydrogens (tertiary/aromatic N) is 1. The fourth-order valence-electron chi connectivity index (χ4n) is 3.00. The topological polar surface area (TPSA) is 4.41 Å². The van der Waals surface area contributed by atoms with E-state index in [0.29, 0.717) is 0 Å². The van der Waals surface area contributed by atoms with E-state index in [2.05, 4.69) is 84.4 Å². The van der Waals surface area contributed by atoms with E-state index in [1.54, 1.807) is 0 Å². The van der Waals surface area contributed by atoms with Gasteiger partial charge in [0, 0.05) is 18.0 Å². The molecule has 0 spiro atoms. The molecule has 0 bridgehead atoms. The molecule has 0 unspecified atom stereocenters. The van der Waals surface area contributed by atoms with Crippen LogP contribution in [0.25, 0.3) is 27.4 Å². The summed E-state index contributed by atoms with van der Waals surface area (Å²) in [5.41, 5.74) is 5.22. The largest absolute Gasteiger partial charge is 0.323 e. The highest BCUT2D eigenvalue weighted by molar-refractivity contribution is 5.94. The summed E-state index contributed by atoms with van der Waals surface area (Å²) < 4.78 is 2.17. The minimum absolute atomic E-state index is 1.26. The van der Waals surface area contributed by atoms with E-state index in [4.69, 9.17) is 0 Å². The molecule has 0 aliphatic heterocycles. The molecule has 20 heavy (non-hydrogen) atoms. The normalized spacial score (nSPS) is 11.2. The third kappa shape index (κ3) is 1.56. The van der Waals surface area contributed by atoms with Gasteiger partial charge in [-0.05, 0) is 47.0 Å². The van der Waals surface area contributed by atoms with Crippen molar-refractivity contribution in [2.75, 3.05) is 0 Å². The second-order valence-electron chi connectivity index (χ2n) is 5.18. The first-order valence-electron chi connectivity index (χ1n) is 6.89. The van der Waals surface area contributed by atoms with Crippen molar-refractivity contribution in [3.8, 4) is 11.1 Å². The number of benzene rings is 2. The van der Waals surface area contributed by atoms with Gasteiger partial charge in [0.15, 0.2) is 0 Å². The zero-order valence-corrected chi connectivity index (χ0v) is 11.4. The summed E-state index contributed by atoms with van der Waals surface area (Å²) in [7, 11) is 0. The van der Waals surface area contributed by atoms with E-state index in [-0.39, 0.29) is 0 Å². The summed E-state index contributed by atoms with van der Waals surface area (Å²) in [4.78, 5) is 0. The van der Waals surface area contributed by atoms with E-state index in [0.717, 1.165) is 0 Å². The second-order valence-corrected chi connectivity index (χ2v) is 5.18. The molecule has 0 saturated heterocycles. The first kappa shape index (κ1) is 11.3. The lowest BCUT2D eigenvalue weighted by Gasteiger charge is -2.09. The molecule has 4 aromatic rings. The van der Waals surface area contributed by atoms with Crippen LogP contribution in [0.2, 0.25) is 0 Å². The van der Waals surface area contributed by atoms with Gasteiger partial charge in [-0.1, -0.05) is 42.5 Å². The lowest BCUT2D eigenvalue weighted by atomic mass is 9.96. The van der Waals surface area contributed by atoms with Gasteiger partial charge < -0.3 is 4.40 Å². The molecule has 1 nitrogen and oxygen atoms in total. The van der Waals surface area contributed by atoms with Gasteiger partial charge in [-0.15, -0.1) is 0 Å². The first-order chi connectivity index (χ1) is 9.84. The molecule has 2 aromatic carbocycles. The van der Waals surface area contributed by atoms with E-state index in [9.17, 15) is 0 Å². The molecule has 2 heterocycles. The van der Waals surface area contributed by atoms with Gasteiger partial charge in [0.05, 0.1) is 5.52 Å². The van der Waals surface area contributed by atoms with Crippen LogP contribution in [-0.4, -0.2) is 4.40 Å². The lowest BCUT2D eigenvalue weighted by Crippen LogP contribution is -1.86. The van der Waals surface area contributed by atoms with Crippen LogP contribution in [0.15, 0.2) is 73.1 Å². The van der Waals surface area contributed by atoms with Gasteiger partial charge in [-0.25, -0.2) is 0 Å². The molecule has 0 radical (unpaired) electrons. The fourth-order valence-corrected chi connectivity index (χ4v) is 3.00. The minimum Gasteiger partial charge on any atom is -0.323 e. The molecule has 0 aliphatic carbocycles. The highest BCUT2D eigenvalue weighted by atomic mass is 14.8. The Morgan fingerprint density at radius 2 is 1.55 bits per heavy atom. The number of aromatic nitrogens is 1. The van der Waals surface area contributed by atoms with Gasteiger partial charge >= 0.3 is 0 Å². The standard InChI is InChI=1S/C19H15N/c1-14-16-7-3-2-6-15(16)9-10-17(14)18-11-13-20-12-5-4-8-19(18)20/h2-13H,1H3. The third-order valence-electron chi connectivity index (χ3n) is 4.06. The summed E-state index contributed by atoms with van der Waals surface area (Å²) >= 11 is 0. The molecular weight excluding hydrogens is 242 g/mol. The van der Waals surface area contributed by atoms with Crippen molar-refractivity contribution in [2.24, 2.45) is 0 Å². The Labute approximate surface area is 118 Å². The Kier molecular flexibility index (Phi) is 2.40. The molecule has 2 aromatic heterocycles. The Balaban J connectivity index is 2.05. The Morgan fingerprint density at radius 1 is 0.700 bits per heavy atom. The maximum Gasteiger partial charge on any atom is 0.0528 e. The van der Waals surface area contributed by atoms with Gasteiger partial charge in [0.1, 0.15) is 0 Å². The molecule has 0 aliphatic rings. The zero-order chi connectivity index (χ0) is 13.5. The number of fused-ring (bicyclic) bond motifs is 2. The van der Waals surface area contributed by atoms with Crippen LogP contribution in [0.4, 0.5) is 0 Å². The van der Waals surface area contributed by atoms with Gasteiger partial charge in [0.25, 0.3) is 0 Å². The number of pyridine rings is 1. The average Bonchev–Trinajstić information content (AvgIpc) is 2.92. The van der Waals surface area contributed by atoms with Crippen LogP contribution < -0.4 is 0 Å². The highest BCUT2D eigenvalue weighted by Crippen LogP contribution is 2.32.